The largest absolute Gasteiger partial charge is 0.344 e. The zero-order valence-electron chi connectivity index (χ0n) is 4.92. The third-order valence-corrected chi connectivity index (χ3v) is 2.76. The molecule has 0 spiro atoms. The zero-order chi connectivity index (χ0) is 5.28. The Kier molecular flexibility index (Phi) is 3.27. The molecule has 1 rings (SSSR count). The van der Waals surface area contributed by atoms with Crippen molar-refractivity contribution < 1.29 is 0 Å². The van der Waals surface area contributed by atoms with E-state index in [1.54, 1.807) is 11.0 Å². The molecule has 0 saturated heterocycles. The topological polar surface area (TPSA) is 50.6 Å². The minimum atomic E-state index is 0. The molecule has 48 valence electrons. The van der Waals surface area contributed by atoms with Gasteiger partial charge in [-0.25, -0.2) is 0 Å². The molecule has 8 heavy (non-hydrogen) atoms. The Balaban J connectivity index is 0.000000490. The van der Waals surface area contributed by atoms with Crippen LogP contribution in [0.5, 0.6) is 0 Å². The first-order chi connectivity index (χ1) is 3.30. The van der Waals surface area contributed by atoms with E-state index in [4.69, 9.17) is 0 Å². The van der Waals surface area contributed by atoms with Crippen molar-refractivity contribution in [2.75, 3.05) is 7.05 Å². The SMILES string of the molecule is CC1=NSSN1C.N. The predicted octanol–water partition coefficient (Wildman–Crippen LogP) is 1.72. The van der Waals surface area contributed by atoms with Gasteiger partial charge in [0.15, 0.2) is 0 Å². The van der Waals surface area contributed by atoms with E-state index in [-0.39, 0.29) is 6.15 Å². The highest BCUT2D eigenvalue weighted by atomic mass is 33.1. The first kappa shape index (κ1) is 8.13. The van der Waals surface area contributed by atoms with Crippen molar-refractivity contribution in [3.8, 4) is 0 Å². The van der Waals surface area contributed by atoms with Crippen molar-refractivity contribution >= 4 is 27.8 Å². The van der Waals surface area contributed by atoms with Gasteiger partial charge in [-0.1, -0.05) is 0 Å². The smallest absolute Gasteiger partial charge is 0.121 e. The second-order valence-electron chi connectivity index (χ2n) is 1.29. The van der Waals surface area contributed by atoms with Gasteiger partial charge in [-0.3, -0.25) is 4.31 Å². The molecular weight excluding hydrogens is 142 g/mol. The van der Waals surface area contributed by atoms with Crippen LogP contribution in [0, 0.1) is 0 Å². The van der Waals surface area contributed by atoms with Gasteiger partial charge in [-0.2, -0.15) is 4.40 Å². The summed E-state index contributed by atoms with van der Waals surface area (Å²) in [6, 6.07) is 0. The lowest BCUT2D eigenvalue weighted by Gasteiger charge is -2.03. The quantitative estimate of drug-likeness (QED) is 0.423. The fraction of sp³-hybridized carbons (Fsp3) is 0.667. The van der Waals surface area contributed by atoms with Gasteiger partial charge in [-0.15, -0.1) is 0 Å². The van der Waals surface area contributed by atoms with E-state index in [0.29, 0.717) is 0 Å². The summed E-state index contributed by atoms with van der Waals surface area (Å²) < 4.78 is 6.07. The highest BCUT2D eigenvalue weighted by Crippen LogP contribution is 2.32. The average molecular weight is 151 g/mol. The van der Waals surface area contributed by atoms with Gasteiger partial charge in [0, 0.05) is 18.0 Å². The van der Waals surface area contributed by atoms with Crippen LogP contribution >= 0.6 is 22.0 Å². The minimum Gasteiger partial charge on any atom is -0.344 e. The monoisotopic (exact) mass is 151 g/mol. The van der Waals surface area contributed by atoms with Crippen molar-refractivity contribution in [2.45, 2.75) is 6.92 Å². The molecule has 1 heterocycles. The second kappa shape index (κ2) is 3.21. The fourth-order valence-corrected chi connectivity index (χ4v) is 1.84. The van der Waals surface area contributed by atoms with E-state index in [0.717, 1.165) is 5.84 Å². The molecule has 0 atom stereocenters. The molecule has 0 amide bonds. The number of amidine groups is 1. The number of hydrogen-bond acceptors (Lipinski definition) is 5. The van der Waals surface area contributed by atoms with Crippen molar-refractivity contribution in [1.82, 2.24) is 10.5 Å². The standard InChI is InChI=1S/C3H6N2S2.H3N/c1-3-4-6-7-5(3)2;/h1-2H3;1H3. The first-order valence-electron chi connectivity index (χ1n) is 1.93. The number of hydrogen-bond donors (Lipinski definition) is 1. The summed E-state index contributed by atoms with van der Waals surface area (Å²) in [6.45, 7) is 1.99. The van der Waals surface area contributed by atoms with Crippen LogP contribution in [0.4, 0.5) is 0 Å². The van der Waals surface area contributed by atoms with E-state index in [2.05, 4.69) is 4.40 Å². The third-order valence-electron chi connectivity index (χ3n) is 0.770. The van der Waals surface area contributed by atoms with Crippen LogP contribution in [-0.2, 0) is 0 Å². The number of rotatable bonds is 0. The molecule has 0 fully saturated rings. The van der Waals surface area contributed by atoms with E-state index in [9.17, 15) is 0 Å². The predicted molar refractivity (Wildman–Crippen MR) is 41.1 cm³/mol. The Bertz CT molecular complexity index is 103. The molecular formula is C3H9N3S2. The van der Waals surface area contributed by atoms with Gasteiger partial charge >= 0.3 is 0 Å². The van der Waals surface area contributed by atoms with Crippen molar-refractivity contribution in [3.63, 3.8) is 0 Å². The van der Waals surface area contributed by atoms with E-state index < -0.39 is 0 Å². The van der Waals surface area contributed by atoms with Gasteiger partial charge in [0.05, 0.1) is 11.0 Å². The molecule has 0 radical (unpaired) electrons. The van der Waals surface area contributed by atoms with Crippen LogP contribution in [0.15, 0.2) is 4.40 Å². The Hall–Kier alpha value is 0.130. The summed E-state index contributed by atoms with van der Waals surface area (Å²) in [5, 5.41) is 0. The maximum Gasteiger partial charge on any atom is 0.121 e. The van der Waals surface area contributed by atoms with Crippen molar-refractivity contribution in [2.24, 2.45) is 4.40 Å². The Morgan fingerprint density at radius 2 is 2.25 bits per heavy atom. The second-order valence-corrected chi connectivity index (χ2v) is 3.21. The maximum absolute atomic E-state index is 4.04. The summed E-state index contributed by atoms with van der Waals surface area (Å²) in [5.74, 6) is 1.09. The fourth-order valence-electron chi connectivity index (χ4n) is 0.232. The average Bonchev–Trinajstić information content (AvgIpc) is 1.91. The summed E-state index contributed by atoms with van der Waals surface area (Å²) in [4.78, 5) is 0. The molecule has 0 aliphatic carbocycles. The summed E-state index contributed by atoms with van der Waals surface area (Å²) in [5.41, 5.74) is 0. The van der Waals surface area contributed by atoms with Crippen LogP contribution < -0.4 is 6.15 Å². The maximum atomic E-state index is 4.04. The van der Waals surface area contributed by atoms with E-state index >= 15 is 0 Å². The summed E-state index contributed by atoms with van der Waals surface area (Å²) in [7, 11) is 5.18. The van der Waals surface area contributed by atoms with Gasteiger partial charge in [0.2, 0.25) is 0 Å². The van der Waals surface area contributed by atoms with Crippen molar-refractivity contribution in [1.29, 1.82) is 0 Å². The van der Waals surface area contributed by atoms with E-state index in [1.807, 2.05) is 18.3 Å². The molecule has 3 nitrogen and oxygen atoms in total. The minimum absolute atomic E-state index is 0. The first-order valence-corrected chi connectivity index (χ1v) is 3.99. The normalized spacial score (nSPS) is 17.8. The molecule has 1 aliphatic heterocycles. The van der Waals surface area contributed by atoms with E-state index in [1.165, 1.54) is 11.0 Å². The molecule has 0 bridgehead atoms. The zero-order valence-corrected chi connectivity index (χ0v) is 6.55. The highest BCUT2D eigenvalue weighted by Gasteiger charge is 2.07. The lowest BCUT2D eigenvalue weighted by atomic mass is 10.7. The molecule has 3 N–H and O–H groups in total. The molecule has 0 aromatic rings. The van der Waals surface area contributed by atoms with Crippen LogP contribution in [0.2, 0.25) is 0 Å². The van der Waals surface area contributed by atoms with Crippen molar-refractivity contribution in [3.05, 3.63) is 0 Å². The molecule has 5 heteroatoms. The van der Waals surface area contributed by atoms with Crippen LogP contribution in [0.1, 0.15) is 6.92 Å². The van der Waals surface area contributed by atoms with Crippen LogP contribution in [0.3, 0.4) is 0 Å². The summed E-state index contributed by atoms with van der Waals surface area (Å²) >= 11 is 0. The van der Waals surface area contributed by atoms with Gasteiger partial charge < -0.3 is 6.15 Å². The van der Waals surface area contributed by atoms with Crippen LogP contribution in [-0.4, -0.2) is 17.2 Å². The Morgan fingerprint density at radius 3 is 2.38 bits per heavy atom. The molecule has 0 aromatic carbocycles. The highest BCUT2D eigenvalue weighted by molar-refractivity contribution is 8.75. The Morgan fingerprint density at radius 1 is 1.62 bits per heavy atom. The third kappa shape index (κ3) is 1.57. The van der Waals surface area contributed by atoms with Gasteiger partial charge in [0.1, 0.15) is 5.84 Å². The molecule has 0 aromatic heterocycles. The summed E-state index contributed by atoms with van der Waals surface area (Å²) in [6.07, 6.45) is 0. The van der Waals surface area contributed by atoms with Gasteiger partial charge in [0.25, 0.3) is 0 Å². The Labute approximate surface area is 57.2 Å². The lowest BCUT2D eigenvalue weighted by Crippen LogP contribution is -2.09. The number of nitrogens with zero attached hydrogens (tertiary/aromatic N) is 2. The van der Waals surface area contributed by atoms with Crippen LogP contribution in [0.25, 0.3) is 0 Å². The van der Waals surface area contributed by atoms with Gasteiger partial charge in [-0.05, 0) is 6.92 Å². The molecule has 0 unspecified atom stereocenters. The molecule has 0 saturated carbocycles. The molecule has 1 aliphatic rings. The lowest BCUT2D eigenvalue weighted by molar-refractivity contribution is 0.855.